The van der Waals surface area contributed by atoms with Crippen molar-refractivity contribution < 1.29 is 8.42 Å². The fourth-order valence-corrected chi connectivity index (χ4v) is 5.65. The van der Waals surface area contributed by atoms with E-state index in [9.17, 15) is 8.42 Å². The predicted octanol–water partition coefficient (Wildman–Crippen LogP) is 1.70. The van der Waals surface area contributed by atoms with Crippen molar-refractivity contribution >= 4 is 16.0 Å². The summed E-state index contributed by atoms with van der Waals surface area (Å²) in [5, 5.41) is 6.73. The number of aliphatic imine (C=N–C) groups is 1. The monoisotopic (exact) mass is 378 g/mol. The average molecular weight is 379 g/mol. The SMILES string of the molecule is CN=C(NCCN1CCCS1(=O)=O)NCC1(c2ccccc2)CCCC1. The molecular weight excluding hydrogens is 348 g/mol. The molecular formula is C19H30N4O2S. The smallest absolute Gasteiger partial charge is 0.214 e. The Kier molecular flexibility index (Phi) is 6.19. The molecule has 1 saturated heterocycles. The number of sulfonamides is 1. The molecule has 1 heterocycles. The van der Waals surface area contributed by atoms with Gasteiger partial charge in [0.25, 0.3) is 0 Å². The third-order valence-corrected chi connectivity index (χ3v) is 7.58. The molecule has 0 spiro atoms. The number of hydrogen-bond acceptors (Lipinski definition) is 3. The van der Waals surface area contributed by atoms with Gasteiger partial charge in [-0.3, -0.25) is 4.99 Å². The van der Waals surface area contributed by atoms with Crippen molar-refractivity contribution in [1.82, 2.24) is 14.9 Å². The highest BCUT2D eigenvalue weighted by Gasteiger charge is 2.35. The number of rotatable bonds is 6. The average Bonchev–Trinajstić information content (AvgIpc) is 3.26. The minimum Gasteiger partial charge on any atom is -0.356 e. The first-order chi connectivity index (χ1) is 12.6. The molecule has 7 heteroatoms. The Hall–Kier alpha value is -1.60. The van der Waals surface area contributed by atoms with Gasteiger partial charge in [0.15, 0.2) is 5.96 Å². The molecule has 0 aromatic heterocycles. The Bertz CT molecular complexity index is 712. The number of hydrogen-bond donors (Lipinski definition) is 2. The van der Waals surface area contributed by atoms with Crippen molar-refractivity contribution in [3.05, 3.63) is 35.9 Å². The first-order valence-corrected chi connectivity index (χ1v) is 11.1. The van der Waals surface area contributed by atoms with E-state index in [1.165, 1.54) is 31.2 Å². The van der Waals surface area contributed by atoms with Gasteiger partial charge in [0.2, 0.25) is 10.0 Å². The zero-order valence-corrected chi connectivity index (χ0v) is 16.4. The highest BCUT2D eigenvalue weighted by atomic mass is 32.2. The van der Waals surface area contributed by atoms with Crippen LogP contribution in [0.2, 0.25) is 0 Å². The van der Waals surface area contributed by atoms with E-state index in [0.717, 1.165) is 18.9 Å². The van der Waals surface area contributed by atoms with Gasteiger partial charge in [0.05, 0.1) is 5.75 Å². The summed E-state index contributed by atoms with van der Waals surface area (Å²) in [6, 6.07) is 10.7. The van der Waals surface area contributed by atoms with Gasteiger partial charge >= 0.3 is 0 Å². The van der Waals surface area contributed by atoms with Crippen molar-refractivity contribution in [2.24, 2.45) is 4.99 Å². The Morgan fingerprint density at radius 3 is 2.50 bits per heavy atom. The zero-order chi connectivity index (χ0) is 18.5. The molecule has 26 heavy (non-hydrogen) atoms. The molecule has 2 aliphatic rings. The molecule has 144 valence electrons. The number of benzene rings is 1. The normalized spacial score (nSPS) is 22.4. The summed E-state index contributed by atoms with van der Waals surface area (Å²) in [5.74, 6) is 1.02. The second-order valence-corrected chi connectivity index (χ2v) is 9.36. The first kappa shape index (κ1) is 19.2. The quantitative estimate of drug-likeness (QED) is 0.584. The second-order valence-electron chi connectivity index (χ2n) is 7.27. The third-order valence-electron chi connectivity index (χ3n) is 5.62. The lowest BCUT2D eigenvalue weighted by Gasteiger charge is -2.31. The lowest BCUT2D eigenvalue weighted by molar-refractivity contribution is 0.427. The zero-order valence-electron chi connectivity index (χ0n) is 15.6. The molecule has 1 aliphatic heterocycles. The van der Waals surface area contributed by atoms with Gasteiger partial charge in [0.1, 0.15) is 0 Å². The molecule has 6 nitrogen and oxygen atoms in total. The molecule has 0 bridgehead atoms. The lowest BCUT2D eigenvalue weighted by Crippen LogP contribution is -2.46. The summed E-state index contributed by atoms with van der Waals surface area (Å²) in [6.45, 7) is 2.54. The van der Waals surface area contributed by atoms with Crippen LogP contribution in [0.1, 0.15) is 37.7 Å². The molecule has 0 amide bonds. The molecule has 0 radical (unpaired) electrons. The van der Waals surface area contributed by atoms with E-state index in [1.54, 1.807) is 11.4 Å². The van der Waals surface area contributed by atoms with Crippen molar-refractivity contribution in [2.45, 2.75) is 37.5 Å². The van der Waals surface area contributed by atoms with Crippen LogP contribution in [-0.2, 0) is 15.4 Å². The van der Waals surface area contributed by atoms with Crippen LogP contribution in [0, 0.1) is 0 Å². The summed E-state index contributed by atoms with van der Waals surface area (Å²) < 4.78 is 25.3. The summed E-state index contributed by atoms with van der Waals surface area (Å²) in [7, 11) is -1.27. The van der Waals surface area contributed by atoms with Crippen molar-refractivity contribution in [3.8, 4) is 0 Å². The van der Waals surface area contributed by atoms with Gasteiger partial charge in [-0.25, -0.2) is 12.7 Å². The second kappa shape index (κ2) is 8.39. The minimum atomic E-state index is -3.03. The molecule has 2 N–H and O–H groups in total. The van der Waals surface area contributed by atoms with Gasteiger partial charge in [-0.1, -0.05) is 43.2 Å². The molecule has 1 aliphatic carbocycles. The summed E-state index contributed by atoms with van der Waals surface area (Å²) in [5.41, 5.74) is 1.56. The molecule has 3 rings (SSSR count). The van der Waals surface area contributed by atoms with Crippen LogP contribution in [0.5, 0.6) is 0 Å². The van der Waals surface area contributed by atoms with Crippen LogP contribution in [0.15, 0.2) is 35.3 Å². The number of nitrogens with zero attached hydrogens (tertiary/aromatic N) is 2. The van der Waals surface area contributed by atoms with Crippen LogP contribution in [-0.4, -0.2) is 57.7 Å². The van der Waals surface area contributed by atoms with Crippen LogP contribution in [0.3, 0.4) is 0 Å². The van der Waals surface area contributed by atoms with Gasteiger partial charge in [-0.2, -0.15) is 0 Å². The van der Waals surface area contributed by atoms with Gasteiger partial charge in [0, 0.05) is 38.6 Å². The van der Waals surface area contributed by atoms with Gasteiger partial charge in [-0.05, 0) is 24.8 Å². The Morgan fingerprint density at radius 2 is 1.88 bits per heavy atom. The van der Waals surface area contributed by atoms with Crippen molar-refractivity contribution in [1.29, 1.82) is 0 Å². The van der Waals surface area contributed by atoms with E-state index in [0.29, 0.717) is 19.6 Å². The standard InChI is InChI=1S/C19H30N4O2S/c1-20-18(21-12-14-23-13-7-15-26(23,24)25)22-16-19(10-5-6-11-19)17-8-3-2-4-9-17/h2-4,8-9H,5-7,10-16H2,1H3,(H2,20,21,22). The summed E-state index contributed by atoms with van der Waals surface area (Å²) in [6.07, 6.45) is 5.62. The number of nitrogens with one attached hydrogen (secondary N) is 2. The van der Waals surface area contributed by atoms with Crippen LogP contribution in [0.25, 0.3) is 0 Å². The number of guanidine groups is 1. The Morgan fingerprint density at radius 1 is 1.15 bits per heavy atom. The first-order valence-electron chi connectivity index (χ1n) is 9.54. The van der Waals surface area contributed by atoms with E-state index in [-0.39, 0.29) is 11.2 Å². The van der Waals surface area contributed by atoms with E-state index >= 15 is 0 Å². The Labute approximate surface area is 157 Å². The van der Waals surface area contributed by atoms with Crippen LogP contribution in [0.4, 0.5) is 0 Å². The van der Waals surface area contributed by atoms with Crippen LogP contribution >= 0.6 is 0 Å². The minimum absolute atomic E-state index is 0.164. The molecule has 0 atom stereocenters. The third kappa shape index (κ3) is 4.38. The largest absolute Gasteiger partial charge is 0.356 e. The van der Waals surface area contributed by atoms with Crippen molar-refractivity contribution in [3.63, 3.8) is 0 Å². The fourth-order valence-electron chi connectivity index (χ4n) is 4.13. The molecule has 2 fully saturated rings. The van der Waals surface area contributed by atoms with Gasteiger partial charge in [-0.15, -0.1) is 0 Å². The predicted molar refractivity (Wildman–Crippen MR) is 106 cm³/mol. The highest BCUT2D eigenvalue weighted by Crippen LogP contribution is 2.40. The van der Waals surface area contributed by atoms with E-state index in [1.807, 2.05) is 0 Å². The fraction of sp³-hybridized carbons (Fsp3) is 0.632. The van der Waals surface area contributed by atoms with E-state index in [2.05, 4.69) is 46.0 Å². The molecule has 1 saturated carbocycles. The maximum atomic E-state index is 11.9. The highest BCUT2D eigenvalue weighted by molar-refractivity contribution is 7.89. The Balaban J connectivity index is 1.53. The maximum Gasteiger partial charge on any atom is 0.214 e. The maximum absolute atomic E-state index is 11.9. The van der Waals surface area contributed by atoms with E-state index in [4.69, 9.17) is 0 Å². The topological polar surface area (TPSA) is 73.8 Å². The molecule has 0 unspecified atom stereocenters. The summed E-state index contributed by atoms with van der Waals surface area (Å²) >= 11 is 0. The lowest BCUT2D eigenvalue weighted by atomic mass is 9.79. The van der Waals surface area contributed by atoms with Gasteiger partial charge < -0.3 is 10.6 Å². The summed E-state index contributed by atoms with van der Waals surface area (Å²) in [4.78, 5) is 4.30. The van der Waals surface area contributed by atoms with Crippen LogP contribution < -0.4 is 10.6 Å². The van der Waals surface area contributed by atoms with Crippen molar-refractivity contribution in [2.75, 3.05) is 39.0 Å². The van der Waals surface area contributed by atoms with E-state index < -0.39 is 10.0 Å². The molecule has 1 aromatic rings. The molecule has 1 aromatic carbocycles.